The number of halogens is 1. The SMILES string of the molecule is Cc1cc2c(CCN)cn(CCO)c2cc1Cl. The molecule has 0 amide bonds. The molecule has 1 heterocycles. The Bertz CT molecular complexity index is 488. The van der Waals surface area contributed by atoms with Crippen molar-refractivity contribution < 1.29 is 5.11 Å². The van der Waals surface area contributed by atoms with E-state index in [1.54, 1.807) is 0 Å². The highest BCUT2D eigenvalue weighted by Crippen LogP contribution is 2.28. The molecule has 2 rings (SSSR count). The van der Waals surface area contributed by atoms with Crippen LogP contribution in [0.5, 0.6) is 0 Å². The van der Waals surface area contributed by atoms with Gasteiger partial charge >= 0.3 is 0 Å². The number of hydrogen-bond acceptors (Lipinski definition) is 2. The van der Waals surface area contributed by atoms with Crippen molar-refractivity contribution in [3.8, 4) is 0 Å². The topological polar surface area (TPSA) is 51.2 Å². The molecule has 0 aliphatic heterocycles. The molecule has 2 aromatic rings. The fourth-order valence-electron chi connectivity index (χ4n) is 2.14. The zero-order valence-electron chi connectivity index (χ0n) is 9.91. The first-order valence-electron chi connectivity index (χ1n) is 5.76. The predicted octanol–water partition coefficient (Wildman–Crippen LogP) is 2.10. The largest absolute Gasteiger partial charge is 0.395 e. The van der Waals surface area contributed by atoms with Gasteiger partial charge in [0.05, 0.1) is 6.61 Å². The van der Waals surface area contributed by atoms with E-state index in [1.807, 2.05) is 17.6 Å². The van der Waals surface area contributed by atoms with Gasteiger partial charge in [-0.2, -0.15) is 0 Å². The van der Waals surface area contributed by atoms with Gasteiger partial charge in [0, 0.05) is 28.7 Å². The number of benzene rings is 1. The number of aliphatic hydroxyl groups is 1. The van der Waals surface area contributed by atoms with E-state index in [-0.39, 0.29) is 6.61 Å². The maximum Gasteiger partial charge on any atom is 0.0610 e. The van der Waals surface area contributed by atoms with Crippen LogP contribution < -0.4 is 5.73 Å². The van der Waals surface area contributed by atoms with Crippen LogP contribution in [0.25, 0.3) is 10.9 Å². The molecule has 0 spiro atoms. The van der Waals surface area contributed by atoms with Crippen molar-refractivity contribution in [3.05, 3.63) is 34.5 Å². The lowest BCUT2D eigenvalue weighted by atomic mass is 10.1. The summed E-state index contributed by atoms with van der Waals surface area (Å²) < 4.78 is 2.03. The van der Waals surface area contributed by atoms with E-state index in [9.17, 15) is 0 Å². The monoisotopic (exact) mass is 252 g/mol. The minimum absolute atomic E-state index is 0.122. The molecule has 0 aliphatic carbocycles. The molecule has 4 heteroatoms. The third kappa shape index (κ3) is 2.32. The van der Waals surface area contributed by atoms with Gasteiger partial charge in [-0.25, -0.2) is 0 Å². The summed E-state index contributed by atoms with van der Waals surface area (Å²) >= 11 is 6.15. The van der Waals surface area contributed by atoms with Gasteiger partial charge in [-0.3, -0.25) is 0 Å². The minimum atomic E-state index is 0.122. The first-order valence-corrected chi connectivity index (χ1v) is 6.14. The number of hydrogen-bond donors (Lipinski definition) is 2. The van der Waals surface area contributed by atoms with E-state index < -0.39 is 0 Å². The lowest BCUT2D eigenvalue weighted by Crippen LogP contribution is -2.02. The van der Waals surface area contributed by atoms with Gasteiger partial charge in [-0.05, 0) is 43.1 Å². The van der Waals surface area contributed by atoms with E-state index in [0.717, 1.165) is 22.5 Å². The molecular formula is C13H17ClN2O. The summed E-state index contributed by atoms with van der Waals surface area (Å²) in [4.78, 5) is 0. The number of aryl methyl sites for hydroxylation is 1. The van der Waals surface area contributed by atoms with Crippen molar-refractivity contribution in [1.82, 2.24) is 4.57 Å². The smallest absolute Gasteiger partial charge is 0.0610 e. The van der Waals surface area contributed by atoms with Crippen molar-refractivity contribution in [3.63, 3.8) is 0 Å². The third-order valence-corrected chi connectivity index (χ3v) is 3.41. The standard InChI is InChI=1S/C13H17ClN2O/c1-9-6-11-10(2-3-15)8-16(4-5-17)13(11)7-12(9)14/h6-8,17H,2-5,15H2,1H3. The molecule has 0 fully saturated rings. The number of fused-ring (bicyclic) bond motifs is 1. The Morgan fingerprint density at radius 2 is 2.18 bits per heavy atom. The normalized spacial score (nSPS) is 11.3. The van der Waals surface area contributed by atoms with Gasteiger partial charge in [0.2, 0.25) is 0 Å². The predicted molar refractivity (Wildman–Crippen MR) is 71.5 cm³/mol. The number of nitrogens with two attached hydrogens (primary N) is 1. The molecule has 0 radical (unpaired) electrons. The molecule has 92 valence electrons. The van der Waals surface area contributed by atoms with Crippen LogP contribution in [0.3, 0.4) is 0 Å². The van der Waals surface area contributed by atoms with Crippen LogP contribution in [-0.2, 0) is 13.0 Å². The Morgan fingerprint density at radius 1 is 1.41 bits per heavy atom. The second kappa shape index (κ2) is 5.08. The molecule has 1 aromatic carbocycles. The summed E-state index contributed by atoms with van der Waals surface area (Å²) in [5.74, 6) is 0. The zero-order valence-corrected chi connectivity index (χ0v) is 10.7. The van der Waals surface area contributed by atoms with Crippen LogP contribution in [0.1, 0.15) is 11.1 Å². The average Bonchev–Trinajstić information content (AvgIpc) is 2.60. The molecule has 0 saturated heterocycles. The second-order valence-corrected chi connectivity index (χ2v) is 4.64. The summed E-state index contributed by atoms with van der Waals surface area (Å²) in [6, 6.07) is 4.05. The molecule has 1 aromatic heterocycles. The molecule has 0 unspecified atom stereocenters. The summed E-state index contributed by atoms with van der Waals surface area (Å²) in [6.45, 7) is 3.33. The van der Waals surface area contributed by atoms with Gasteiger partial charge in [0.15, 0.2) is 0 Å². The van der Waals surface area contributed by atoms with Gasteiger partial charge < -0.3 is 15.4 Å². The molecule has 0 bridgehead atoms. The van der Waals surface area contributed by atoms with E-state index in [2.05, 4.69) is 12.3 Å². The first-order chi connectivity index (χ1) is 8.17. The fourth-order valence-corrected chi connectivity index (χ4v) is 2.30. The molecule has 0 atom stereocenters. The maximum absolute atomic E-state index is 9.06. The van der Waals surface area contributed by atoms with Crippen LogP contribution in [0.15, 0.2) is 18.3 Å². The maximum atomic E-state index is 9.06. The van der Waals surface area contributed by atoms with Crippen molar-refractivity contribution >= 4 is 22.5 Å². The molecule has 3 nitrogen and oxygen atoms in total. The number of aromatic nitrogens is 1. The second-order valence-electron chi connectivity index (χ2n) is 4.23. The third-order valence-electron chi connectivity index (χ3n) is 3.00. The van der Waals surface area contributed by atoms with Crippen LogP contribution in [0.4, 0.5) is 0 Å². The van der Waals surface area contributed by atoms with Crippen molar-refractivity contribution in [1.29, 1.82) is 0 Å². The van der Waals surface area contributed by atoms with E-state index in [4.69, 9.17) is 22.4 Å². The highest BCUT2D eigenvalue weighted by atomic mass is 35.5. The Morgan fingerprint density at radius 3 is 2.82 bits per heavy atom. The summed E-state index contributed by atoms with van der Waals surface area (Å²) in [5.41, 5.74) is 8.97. The van der Waals surface area contributed by atoms with Crippen LogP contribution in [0, 0.1) is 6.92 Å². The highest BCUT2D eigenvalue weighted by molar-refractivity contribution is 6.32. The molecule has 3 N–H and O–H groups in total. The van der Waals surface area contributed by atoms with E-state index >= 15 is 0 Å². The van der Waals surface area contributed by atoms with Gasteiger partial charge in [0.1, 0.15) is 0 Å². The van der Waals surface area contributed by atoms with Crippen molar-refractivity contribution in [2.24, 2.45) is 5.73 Å². The Hall–Kier alpha value is -1.03. The van der Waals surface area contributed by atoms with Crippen molar-refractivity contribution in [2.45, 2.75) is 19.9 Å². The number of aliphatic hydroxyl groups excluding tert-OH is 1. The van der Waals surface area contributed by atoms with E-state index in [1.165, 1.54) is 10.9 Å². The number of nitrogens with zero attached hydrogens (tertiary/aromatic N) is 1. The lowest BCUT2D eigenvalue weighted by Gasteiger charge is -2.04. The summed E-state index contributed by atoms with van der Waals surface area (Å²) in [7, 11) is 0. The molecule has 0 aliphatic rings. The molecular weight excluding hydrogens is 236 g/mol. The van der Waals surface area contributed by atoms with Crippen LogP contribution in [-0.4, -0.2) is 22.8 Å². The Kier molecular flexibility index (Phi) is 3.72. The molecule has 17 heavy (non-hydrogen) atoms. The van der Waals surface area contributed by atoms with E-state index in [0.29, 0.717) is 13.1 Å². The van der Waals surface area contributed by atoms with Crippen LogP contribution in [0.2, 0.25) is 5.02 Å². The van der Waals surface area contributed by atoms with Gasteiger partial charge in [-0.1, -0.05) is 11.6 Å². The molecule has 0 saturated carbocycles. The Labute approximate surface area is 106 Å². The van der Waals surface area contributed by atoms with Gasteiger partial charge in [-0.15, -0.1) is 0 Å². The summed E-state index contributed by atoms with van der Waals surface area (Å²) in [5, 5.41) is 11.0. The minimum Gasteiger partial charge on any atom is -0.395 e. The quantitative estimate of drug-likeness (QED) is 0.876. The number of rotatable bonds is 4. The fraction of sp³-hybridized carbons (Fsp3) is 0.385. The lowest BCUT2D eigenvalue weighted by molar-refractivity contribution is 0.278. The van der Waals surface area contributed by atoms with Crippen molar-refractivity contribution in [2.75, 3.05) is 13.2 Å². The Balaban J connectivity index is 2.63. The zero-order chi connectivity index (χ0) is 12.4. The van der Waals surface area contributed by atoms with Gasteiger partial charge in [0.25, 0.3) is 0 Å². The summed E-state index contributed by atoms with van der Waals surface area (Å²) in [6.07, 6.45) is 2.90. The van der Waals surface area contributed by atoms with Crippen LogP contribution >= 0.6 is 11.6 Å². The first kappa shape index (κ1) is 12.4. The highest BCUT2D eigenvalue weighted by Gasteiger charge is 2.09. The average molecular weight is 253 g/mol.